The van der Waals surface area contributed by atoms with Crippen molar-refractivity contribution in [3.8, 4) is 0 Å². The highest BCUT2D eigenvalue weighted by atomic mass is 28.3. The summed E-state index contributed by atoms with van der Waals surface area (Å²) in [5.74, 6) is 0. The first-order chi connectivity index (χ1) is 6.24. The molecule has 0 saturated carbocycles. The van der Waals surface area contributed by atoms with Crippen molar-refractivity contribution in [2.75, 3.05) is 0 Å². The van der Waals surface area contributed by atoms with Crippen LogP contribution in [0.1, 0.15) is 0 Å². The van der Waals surface area contributed by atoms with Crippen molar-refractivity contribution in [3.63, 3.8) is 0 Å². The Bertz CT molecular complexity index is 87.6. The van der Waals surface area contributed by atoms with Gasteiger partial charge in [-0.1, -0.05) is 48.4 Å². The molecule has 0 aromatic rings. The molecule has 68 valence electrons. The fourth-order valence-corrected chi connectivity index (χ4v) is 11.8. The van der Waals surface area contributed by atoms with E-state index in [0.29, 0.717) is 0 Å². The quantitative estimate of drug-likeness (QED) is 0.578. The number of hydrogen-bond donors (Lipinski definition) is 0. The van der Waals surface area contributed by atoms with Gasteiger partial charge in [0.25, 0.3) is 0 Å². The van der Waals surface area contributed by atoms with Gasteiger partial charge >= 0.3 is 0 Å². The van der Waals surface area contributed by atoms with Gasteiger partial charge in [0.15, 0.2) is 0 Å². The molecule has 12 radical (unpaired) electrons. The molecule has 0 aliphatic heterocycles. The van der Waals surface area contributed by atoms with Crippen molar-refractivity contribution in [3.05, 3.63) is 0 Å². The van der Waals surface area contributed by atoms with Crippen molar-refractivity contribution in [2.24, 2.45) is 0 Å². The Morgan fingerprint density at radius 1 is 0.538 bits per heavy atom. The van der Waals surface area contributed by atoms with Crippen LogP contribution in [-0.4, -0.2) is 49.0 Å². The molecule has 0 aromatic carbocycles. The maximum absolute atomic E-state index is 3.63. The minimum atomic E-state index is -0.990. The summed E-state index contributed by atoms with van der Waals surface area (Å²) in [6, 6.07) is 10.3. The van der Waals surface area contributed by atoms with Gasteiger partial charge in [-0.05, 0) is 0 Å². The lowest BCUT2D eigenvalue weighted by Gasteiger charge is -2.31. The van der Waals surface area contributed by atoms with Crippen molar-refractivity contribution < 1.29 is 0 Å². The summed E-state index contributed by atoms with van der Waals surface area (Å²) in [4.78, 5) is 0. The van der Waals surface area contributed by atoms with Gasteiger partial charge in [0.05, 0.1) is 8.07 Å². The molecule has 0 bridgehead atoms. The third-order valence-corrected chi connectivity index (χ3v) is 10.9. The predicted molar refractivity (Wildman–Crippen MR) is 67.2 cm³/mol. The van der Waals surface area contributed by atoms with Gasteiger partial charge in [-0.25, -0.2) is 0 Å². The fourth-order valence-electron chi connectivity index (χ4n) is 1.81. The second-order valence-electron chi connectivity index (χ2n) is 3.50. The summed E-state index contributed by atoms with van der Waals surface area (Å²) < 4.78 is 0. The molecule has 0 fully saturated rings. The Morgan fingerprint density at radius 3 is 0.923 bits per heavy atom. The third-order valence-electron chi connectivity index (χ3n) is 2.62. The molecule has 0 spiro atoms. The van der Waals surface area contributed by atoms with Crippen molar-refractivity contribution in [2.45, 2.75) is 48.4 Å². The molecule has 0 heterocycles. The molecule has 0 rings (SSSR count). The van der Waals surface area contributed by atoms with Crippen LogP contribution in [0, 0.1) is 0 Å². The van der Waals surface area contributed by atoms with E-state index in [4.69, 9.17) is 0 Å². The van der Waals surface area contributed by atoms with Crippen molar-refractivity contribution in [1.82, 2.24) is 0 Å². The molecule has 0 aliphatic carbocycles. The Labute approximate surface area is 97.4 Å². The summed E-state index contributed by atoms with van der Waals surface area (Å²) in [6.45, 7) is 0. The molecule has 0 atom stereocenters. The van der Waals surface area contributed by atoms with Gasteiger partial charge in [-0.15, -0.1) is 0 Å². The standard InChI is InChI=1S/C8H16Si5/c9-1-5-13(6-2-10,7-3-11)8-4-12/h1-8H2. The Morgan fingerprint density at radius 2 is 0.769 bits per heavy atom. The van der Waals surface area contributed by atoms with Gasteiger partial charge in [0.2, 0.25) is 0 Å². The molecule has 0 aromatic heterocycles. The van der Waals surface area contributed by atoms with Crippen molar-refractivity contribution in [1.29, 1.82) is 0 Å². The van der Waals surface area contributed by atoms with Gasteiger partial charge in [0, 0.05) is 41.0 Å². The molecule has 5 heteroatoms. The summed E-state index contributed by atoms with van der Waals surface area (Å²) >= 11 is 0. The zero-order valence-electron chi connectivity index (χ0n) is 8.16. The fraction of sp³-hybridized carbons (Fsp3) is 1.00. The average molecular weight is 253 g/mol. The molecule has 0 saturated heterocycles. The zero-order valence-corrected chi connectivity index (χ0v) is 13.2. The van der Waals surface area contributed by atoms with Crippen LogP contribution in [0.5, 0.6) is 0 Å². The van der Waals surface area contributed by atoms with E-state index >= 15 is 0 Å². The van der Waals surface area contributed by atoms with Crippen LogP contribution < -0.4 is 0 Å². The highest BCUT2D eigenvalue weighted by molar-refractivity contribution is 6.81. The van der Waals surface area contributed by atoms with Gasteiger partial charge in [0.1, 0.15) is 0 Å². The van der Waals surface area contributed by atoms with Crippen molar-refractivity contribution >= 4 is 49.0 Å². The lowest BCUT2D eigenvalue weighted by atomic mass is 10.9. The first kappa shape index (κ1) is 14.1. The van der Waals surface area contributed by atoms with Crippen LogP contribution in [0.15, 0.2) is 0 Å². The molecular formula is C8H16Si5. The highest BCUT2D eigenvalue weighted by Gasteiger charge is 2.28. The monoisotopic (exact) mass is 252 g/mol. The first-order valence-corrected chi connectivity index (χ1v) is 10.5. The van der Waals surface area contributed by atoms with Crippen LogP contribution in [0.4, 0.5) is 0 Å². The maximum Gasteiger partial charge on any atom is 0.0523 e. The van der Waals surface area contributed by atoms with Gasteiger partial charge < -0.3 is 0 Å². The first-order valence-electron chi connectivity index (χ1n) is 4.83. The summed E-state index contributed by atoms with van der Waals surface area (Å²) in [7, 11) is 13.5. The maximum atomic E-state index is 3.63. The third kappa shape index (κ3) is 5.51. The normalized spacial score (nSPS) is 12.0. The van der Waals surface area contributed by atoms with Crippen LogP contribution in [-0.2, 0) is 0 Å². The molecule has 0 N–H and O–H groups in total. The van der Waals surface area contributed by atoms with Crippen LogP contribution >= 0.6 is 0 Å². The summed E-state index contributed by atoms with van der Waals surface area (Å²) in [5, 5.41) is 0. The zero-order chi connectivity index (χ0) is 10.2. The average Bonchev–Trinajstić information content (AvgIpc) is 2.06. The Balaban J connectivity index is 4.19. The van der Waals surface area contributed by atoms with E-state index in [1.54, 1.807) is 0 Å². The molecule has 0 aliphatic rings. The minimum absolute atomic E-state index is 0.990. The largest absolute Gasteiger partial charge is 0.0661 e. The van der Waals surface area contributed by atoms with Gasteiger partial charge in [-0.2, -0.15) is 0 Å². The van der Waals surface area contributed by atoms with Crippen LogP contribution in [0.3, 0.4) is 0 Å². The topological polar surface area (TPSA) is 0 Å². The summed E-state index contributed by atoms with van der Waals surface area (Å²) in [6.07, 6.45) is 0. The lowest BCUT2D eigenvalue weighted by Crippen LogP contribution is -2.33. The molecule has 0 nitrogen and oxygen atoms in total. The molecule has 0 unspecified atom stereocenters. The molecular weight excluding hydrogens is 237 g/mol. The number of rotatable bonds is 8. The van der Waals surface area contributed by atoms with E-state index in [-0.39, 0.29) is 0 Å². The second-order valence-corrected chi connectivity index (χ2v) is 10.5. The van der Waals surface area contributed by atoms with E-state index in [2.05, 4.69) is 41.0 Å². The van der Waals surface area contributed by atoms with E-state index in [9.17, 15) is 0 Å². The molecule has 13 heavy (non-hydrogen) atoms. The summed E-state index contributed by atoms with van der Waals surface area (Å²) in [5.41, 5.74) is 0. The van der Waals surface area contributed by atoms with Crippen LogP contribution in [0.25, 0.3) is 0 Å². The van der Waals surface area contributed by atoms with E-state index in [1.165, 1.54) is 24.2 Å². The molecule has 0 amide bonds. The number of hydrogen-bond acceptors (Lipinski definition) is 0. The Hall–Kier alpha value is 1.08. The minimum Gasteiger partial charge on any atom is -0.0661 e. The van der Waals surface area contributed by atoms with E-state index < -0.39 is 8.07 Å². The predicted octanol–water partition coefficient (Wildman–Crippen LogP) is 1.78. The van der Waals surface area contributed by atoms with E-state index in [1.807, 2.05) is 0 Å². The van der Waals surface area contributed by atoms with Gasteiger partial charge in [-0.3, -0.25) is 0 Å². The van der Waals surface area contributed by atoms with E-state index in [0.717, 1.165) is 24.2 Å². The van der Waals surface area contributed by atoms with Crippen LogP contribution in [0.2, 0.25) is 48.4 Å². The lowest BCUT2D eigenvalue weighted by molar-refractivity contribution is 1.11. The SMILES string of the molecule is [Si]CC[Si](CC[Si])(CC[Si])CC[Si]. The Kier molecular flexibility index (Phi) is 9.10. The highest BCUT2D eigenvalue weighted by Crippen LogP contribution is 2.30. The second kappa shape index (κ2) is 8.40. The smallest absolute Gasteiger partial charge is 0.0523 e.